The molecule has 2 N–H and O–H groups in total. The summed E-state index contributed by atoms with van der Waals surface area (Å²) in [5.41, 5.74) is -0.926. The number of aliphatic carboxylic acids is 1. The van der Waals surface area contributed by atoms with E-state index in [1.165, 1.54) is 19.1 Å². The predicted octanol–water partition coefficient (Wildman–Crippen LogP) is 1.09. The Bertz CT molecular complexity index is 389. The number of rotatable bonds is 5. The van der Waals surface area contributed by atoms with Gasteiger partial charge in [-0.2, -0.15) is 0 Å². The van der Waals surface area contributed by atoms with Gasteiger partial charge in [0.1, 0.15) is 5.82 Å². The normalized spacial score (nSPS) is 14.6. The second-order valence-corrected chi connectivity index (χ2v) is 4.38. The Balaban J connectivity index is 2.58. The fourth-order valence-electron chi connectivity index (χ4n) is 1.55. The maximum absolute atomic E-state index is 12.7. The number of hydrogen-bond acceptors (Lipinski definition) is 3. The molecule has 1 aromatic carbocycles. The van der Waals surface area contributed by atoms with Gasteiger partial charge in [-0.25, -0.2) is 9.18 Å². The standard InChI is InChI=1S/C12H16FNO3/c1-12(17,11(15)16)8-14(2)7-9-3-5-10(13)6-4-9/h3-6,17H,7-8H2,1-2H3,(H,15,16). The smallest absolute Gasteiger partial charge is 0.336 e. The van der Waals surface area contributed by atoms with Crippen molar-refractivity contribution in [2.24, 2.45) is 0 Å². The summed E-state index contributed by atoms with van der Waals surface area (Å²) < 4.78 is 12.7. The number of benzene rings is 1. The van der Waals surface area contributed by atoms with Crippen LogP contribution in [0, 0.1) is 5.82 Å². The summed E-state index contributed by atoms with van der Waals surface area (Å²) >= 11 is 0. The van der Waals surface area contributed by atoms with Crippen LogP contribution in [0.3, 0.4) is 0 Å². The first-order chi connectivity index (χ1) is 7.81. The molecule has 0 aliphatic rings. The van der Waals surface area contributed by atoms with Crippen LogP contribution < -0.4 is 0 Å². The number of carboxylic acids is 1. The zero-order valence-corrected chi connectivity index (χ0v) is 9.85. The van der Waals surface area contributed by atoms with Crippen molar-refractivity contribution in [3.05, 3.63) is 35.6 Å². The lowest BCUT2D eigenvalue weighted by atomic mass is 10.1. The highest BCUT2D eigenvalue weighted by Gasteiger charge is 2.31. The Labute approximate surface area is 99.3 Å². The number of likely N-dealkylation sites (N-methyl/N-ethyl adjacent to an activating group) is 1. The molecule has 0 radical (unpaired) electrons. The molecule has 0 bridgehead atoms. The first-order valence-corrected chi connectivity index (χ1v) is 5.20. The highest BCUT2D eigenvalue weighted by molar-refractivity contribution is 5.76. The van der Waals surface area contributed by atoms with Gasteiger partial charge in [0.05, 0.1) is 0 Å². The third-order valence-electron chi connectivity index (χ3n) is 2.40. The van der Waals surface area contributed by atoms with Crippen molar-refractivity contribution in [3.8, 4) is 0 Å². The van der Waals surface area contributed by atoms with Gasteiger partial charge in [0.25, 0.3) is 0 Å². The molecule has 5 heteroatoms. The Morgan fingerprint density at radius 3 is 2.41 bits per heavy atom. The quantitative estimate of drug-likeness (QED) is 0.810. The molecule has 0 aromatic heterocycles. The van der Waals surface area contributed by atoms with Crippen molar-refractivity contribution in [3.63, 3.8) is 0 Å². The Kier molecular flexibility index (Phi) is 4.20. The first-order valence-electron chi connectivity index (χ1n) is 5.20. The van der Waals surface area contributed by atoms with Gasteiger partial charge in [-0.05, 0) is 31.7 Å². The average Bonchev–Trinajstić information content (AvgIpc) is 2.20. The number of halogens is 1. The summed E-state index contributed by atoms with van der Waals surface area (Å²) in [6, 6.07) is 5.94. The molecule has 0 fully saturated rings. The number of aliphatic hydroxyl groups is 1. The van der Waals surface area contributed by atoms with Crippen molar-refractivity contribution >= 4 is 5.97 Å². The lowest BCUT2D eigenvalue weighted by Gasteiger charge is -2.25. The molecule has 0 saturated carbocycles. The van der Waals surface area contributed by atoms with Gasteiger partial charge in [-0.15, -0.1) is 0 Å². The van der Waals surface area contributed by atoms with E-state index in [-0.39, 0.29) is 12.4 Å². The van der Waals surface area contributed by atoms with Crippen molar-refractivity contribution in [2.45, 2.75) is 19.1 Å². The number of hydrogen-bond donors (Lipinski definition) is 2. The number of carboxylic acid groups (broad SMARTS) is 1. The third kappa shape index (κ3) is 4.13. The summed E-state index contributed by atoms with van der Waals surface area (Å²) in [6.07, 6.45) is 0. The summed E-state index contributed by atoms with van der Waals surface area (Å²) in [6.45, 7) is 1.69. The largest absolute Gasteiger partial charge is 0.479 e. The summed E-state index contributed by atoms with van der Waals surface area (Å²) in [5.74, 6) is -1.57. The number of carbonyl (C=O) groups is 1. The SMILES string of the molecule is CN(Cc1ccc(F)cc1)CC(C)(O)C(=O)O. The van der Waals surface area contributed by atoms with Gasteiger partial charge < -0.3 is 10.2 Å². The molecule has 1 unspecified atom stereocenters. The van der Waals surface area contributed by atoms with E-state index in [0.29, 0.717) is 6.54 Å². The average molecular weight is 241 g/mol. The van der Waals surface area contributed by atoms with Crippen LogP contribution in [0.4, 0.5) is 4.39 Å². The summed E-state index contributed by atoms with van der Waals surface area (Å²) in [4.78, 5) is 12.4. The Morgan fingerprint density at radius 2 is 1.94 bits per heavy atom. The van der Waals surface area contributed by atoms with Crippen LogP contribution >= 0.6 is 0 Å². The van der Waals surface area contributed by atoms with E-state index in [0.717, 1.165) is 5.56 Å². The second-order valence-electron chi connectivity index (χ2n) is 4.38. The van der Waals surface area contributed by atoms with E-state index in [4.69, 9.17) is 5.11 Å². The fraction of sp³-hybridized carbons (Fsp3) is 0.417. The maximum Gasteiger partial charge on any atom is 0.336 e. The summed E-state index contributed by atoms with van der Waals surface area (Å²) in [5, 5.41) is 18.3. The zero-order chi connectivity index (χ0) is 13.1. The molecule has 0 heterocycles. The molecule has 0 spiro atoms. The van der Waals surface area contributed by atoms with Gasteiger partial charge in [0.15, 0.2) is 5.60 Å². The molecule has 1 rings (SSSR count). The first kappa shape index (κ1) is 13.6. The van der Waals surface area contributed by atoms with Crippen molar-refractivity contribution in [1.29, 1.82) is 0 Å². The lowest BCUT2D eigenvalue weighted by molar-refractivity contribution is -0.158. The monoisotopic (exact) mass is 241 g/mol. The van der Waals surface area contributed by atoms with Crippen LogP contribution in [0.15, 0.2) is 24.3 Å². The van der Waals surface area contributed by atoms with Crippen LogP contribution in [-0.4, -0.2) is 40.3 Å². The van der Waals surface area contributed by atoms with Gasteiger partial charge in [-0.3, -0.25) is 4.90 Å². The molecular formula is C12H16FNO3. The van der Waals surface area contributed by atoms with Gasteiger partial charge in [0, 0.05) is 13.1 Å². The van der Waals surface area contributed by atoms with Gasteiger partial charge in [-0.1, -0.05) is 12.1 Å². The molecule has 1 aromatic rings. The summed E-state index contributed by atoms with van der Waals surface area (Å²) in [7, 11) is 1.70. The highest BCUT2D eigenvalue weighted by atomic mass is 19.1. The predicted molar refractivity (Wildman–Crippen MR) is 61.0 cm³/mol. The molecule has 0 saturated heterocycles. The topological polar surface area (TPSA) is 60.8 Å². The fourth-order valence-corrected chi connectivity index (χ4v) is 1.55. The van der Waals surface area contributed by atoms with Crippen LogP contribution in [0.2, 0.25) is 0 Å². The van der Waals surface area contributed by atoms with Gasteiger partial charge in [0.2, 0.25) is 0 Å². The Morgan fingerprint density at radius 1 is 1.41 bits per heavy atom. The van der Waals surface area contributed by atoms with Crippen molar-refractivity contribution < 1.29 is 19.4 Å². The van der Waals surface area contributed by atoms with E-state index < -0.39 is 11.6 Å². The minimum absolute atomic E-state index is 0.000288. The van der Waals surface area contributed by atoms with E-state index in [2.05, 4.69) is 0 Å². The zero-order valence-electron chi connectivity index (χ0n) is 9.85. The third-order valence-corrected chi connectivity index (χ3v) is 2.40. The number of nitrogens with zero attached hydrogens (tertiary/aromatic N) is 1. The molecule has 0 aliphatic heterocycles. The van der Waals surface area contributed by atoms with E-state index in [9.17, 15) is 14.3 Å². The molecule has 17 heavy (non-hydrogen) atoms. The van der Waals surface area contributed by atoms with E-state index in [1.807, 2.05) is 0 Å². The van der Waals surface area contributed by atoms with Crippen molar-refractivity contribution in [1.82, 2.24) is 4.90 Å². The maximum atomic E-state index is 12.7. The molecule has 0 aliphatic carbocycles. The highest BCUT2D eigenvalue weighted by Crippen LogP contribution is 2.10. The van der Waals surface area contributed by atoms with E-state index in [1.54, 1.807) is 24.1 Å². The second kappa shape index (κ2) is 5.25. The van der Waals surface area contributed by atoms with Crippen LogP contribution in [0.25, 0.3) is 0 Å². The minimum atomic E-state index is -1.78. The minimum Gasteiger partial charge on any atom is -0.479 e. The molecule has 0 amide bonds. The lowest BCUT2D eigenvalue weighted by Crippen LogP contribution is -2.45. The molecule has 94 valence electrons. The Hall–Kier alpha value is -1.46. The molecule has 1 atom stereocenters. The molecular weight excluding hydrogens is 225 g/mol. The van der Waals surface area contributed by atoms with E-state index >= 15 is 0 Å². The van der Waals surface area contributed by atoms with Crippen LogP contribution in [0.5, 0.6) is 0 Å². The van der Waals surface area contributed by atoms with Crippen LogP contribution in [0.1, 0.15) is 12.5 Å². The van der Waals surface area contributed by atoms with Gasteiger partial charge >= 0.3 is 5.97 Å². The van der Waals surface area contributed by atoms with Crippen LogP contribution in [-0.2, 0) is 11.3 Å². The molecule has 4 nitrogen and oxygen atoms in total. The van der Waals surface area contributed by atoms with Crippen molar-refractivity contribution in [2.75, 3.05) is 13.6 Å².